The minimum Gasteiger partial charge on any atom is -0.465 e. The van der Waals surface area contributed by atoms with Crippen LogP contribution in [-0.4, -0.2) is 74.2 Å². The molecule has 0 spiro atoms. The van der Waals surface area contributed by atoms with Gasteiger partial charge in [-0.25, -0.2) is 15.0 Å². The van der Waals surface area contributed by atoms with Crippen molar-refractivity contribution in [3.05, 3.63) is 24.2 Å². The lowest BCUT2D eigenvalue weighted by Gasteiger charge is -2.26. The Bertz CT molecular complexity index is 1020. The Morgan fingerprint density at radius 3 is 2.90 bits per heavy atom. The summed E-state index contributed by atoms with van der Waals surface area (Å²) in [7, 11) is 0. The topological polar surface area (TPSA) is 108 Å². The predicted molar refractivity (Wildman–Crippen MR) is 107 cm³/mol. The number of esters is 1. The maximum absolute atomic E-state index is 11.6. The Hall–Kier alpha value is -2.79. The van der Waals surface area contributed by atoms with Crippen molar-refractivity contribution >= 4 is 29.5 Å². The van der Waals surface area contributed by atoms with Crippen LogP contribution in [0.4, 0.5) is 5.95 Å². The molecule has 1 fully saturated rings. The summed E-state index contributed by atoms with van der Waals surface area (Å²) in [6, 6.07) is 1.85. The summed E-state index contributed by atoms with van der Waals surface area (Å²) in [6.45, 7) is 6.95. The Labute approximate surface area is 171 Å². The quantitative estimate of drug-likeness (QED) is 0.433. The van der Waals surface area contributed by atoms with E-state index in [0.29, 0.717) is 36.7 Å². The highest BCUT2D eigenvalue weighted by atomic mass is 32.2. The third kappa shape index (κ3) is 4.30. The Kier molecular flexibility index (Phi) is 5.86. The summed E-state index contributed by atoms with van der Waals surface area (Å²) in [6.07, 6.45) is 3.49. The van der Waals surface area contributed by atoms with E-state index in [1.54, 1.807) is 23.8 Å². The van der Waals surface area contributed by atoms with Gasteiger partial charge in [0.2, 0.25) is 11.1 Å². The second-order valence-corrected chi connectivity index (χ2v) is 7.24. The monoisotopic (exact) mass is 415 g/mol. The molecule has 3 aromatic heterocycles. The van der Waals surface area contributed by atoms with Gasteiger partial charge in [-0.3, -0.25) is 4.79 Å². The van der Waals surface area contributed by atoms with Gasteiger partial charge < -0.3 is 14.4 Å². The molecule has 1 saturated heterocycles. The second-order valence-electron chi connectivity index (χ2n) is 6.30. The van der Waals surface area contributed by atoms with Crippen molar-refractivity contribution in [3.8, 4) is 11.3 Å². The van der Waals surface area contributed by atoms with E-state index in [-0.39, 0.29) is 11.7 Å². The lowest BCUT2D eigenvalue weighted by molar-refractivity contribution is -0.139. The number of hydrogen-bond donors (Lipinski definition) is 0. The summed E-state index contributed by atoms with van der Waals surface area (Å²) in [5.74, 6) is 1.01. The number of hydrogen-bond acceptors (Lipinski definition) is 10. The molecule has 152 valence electrons. The highest BCUT2D eigenvalue weighted by Crippen LogP contribution is 2.24. The highest BCUT2D eigenvalue weighted by Gasteiger charge is 2.17. The first kappa shape index (κ1) is 19.5. The van der Waals surface area contributed by atoms with Crippen molar-refractivity contribution in [1.82, 2.24) is 29.5 Å². The minimum atomic E-state index is -0.293. The van der Waals surface area contributed by atoms with Gasteiger partial charge in [0.15, 0.2) is 0 Å². The van der Waals surface area contributed by atoms with Crippen LogP contribution in [0, 0.1) is 6.92 Å². The number of aryl methyl sites for hydroxylation is 1. The van der Waals surface area contributed by atoms with Crippen molar-refractivity contribution in [3.63, 3.8) is 0 Å². The lowest BCUT2D eigenvalue weighted by atomic mass is 10.2. The van der Waals surface area contributed by atoms with Gasteiger partial charge in [0.05, 0.1) is 37.0 Å². The van der Waals surface area contributed by atoms with Crippen LogP contribution in [0.3, 0.4) is 0 Å². The van der Waals surface area contributed by atoms with E-state index in [4.69, 9.17) is 14.5 Å². The molecule has 1 aliphatic rings. The van der Waals surface area contributed by atoms with Crippen molar-refractivity contribution in [2.24, 2.45) is 0 Å². The minimum absolute atomic E-state index is 0.158. The maximum Gasteiger partial charge on any atom is 0.316 e. The van der Waals surface area contributed by atoms with Crippen LogP contribution in [0.15, 0.2) is 23.6 Å². The Morgan fingerprint density at radius 1 is 1.28 bits per heavy atom. The Balaban J connectivity index is 1.60. The molecule has 0 N–H and O–H groups in total. The molecule has 4 heterocycles. The van der Waals surface area contributed by atoms with Crippen LogP contribution < -0.4 is 4.90 Å². The number of carbonyl (C=O) groups excluding carboxylic acids is 1. The summed E-state index contributed by atoms with van der Waals surface area (Å²) in [5.41, 5.74) is 2.47. The molecule has 0 saturated carbocycles. The molecule has 0 bridgehead atoms. The zero-order valence-electron chi connectivity index (χ0n) is 16.2. The standard InChI is InChI=1S/C18H21N7O3S/c1-3-28-15(26)11-29-18-22-17-20-10-13(12(2)25(17)23-18)14-4-5-19-16(21-14)24-6-8-27-9-7-24/h4-5,10H,3,6-9,11H2,1-2H3. The van der Waals surface area contributed by atoms with E-state index in [2.05, 4.69) is 25.0 Å². The molecule has 0 aromatic carbocycles. The van der Waals surface area contributed by atoms with Crippen LogP contribution in [0.1, 0.15) is 12.6 Å². The first-order chi connectivity index (χ1) is 14.2. The van der Waals surface area contributed by atoms with E-state index >= 15 is 0 Å². The predicted octanol–water partition coefficient (Wildman–Crippen LogP) is 1.38. The van der Waals surface area contributed by atoms with Crippen LogP contribution in [0.2, 0.25) is 0 Å². The van der Waals surface area contributed by atoms with E-state index in [9.17, 15) is 4.79 Å². The number of anilines is 1. The van der Waals surface area contributed by atoms with Crippen molar-refractivity contribution < 1.29 is 14.3 Å². The van der Waals surface area contributed by atoms with Crippen molar-refractivity contribution in [2.45, 2.75) is 19.0 Å². The number of aromatic nitrogens is 6. The van der Waals surface area contributed by atoms with E-state index < -0.39 is 0 Å². The van der Waals surface area contributed by atoms with Crippen LogP contribution in [0.25, 0.3) is 17.0 Å². The third-order valence-electron chi connectivity index (χ3n) is 4.42. The molecule has 1 aliphatic heterocycles. The zero-order valence-corrected chi connectivity index (χ0v) is 17.1. The normalized spacial score (nSPS) is 14.3. The van der Waals surface area contributed by atoms with Gasteiger partial charge in [0.25, 0.3) is 5.78 Å². The fraction of sp³-hybridized carbons (Fsp3) is 0.444. The largest absolute Gasteiger partial charge is 0.465 e. The average Bonchev–Trinajstić information content (AvgIpc) is 3.18. The molecular formula is C18H21N7O3S. The molecule has 29 heavy (non-hydrogen) atoms. The average molecular weight is 415 g/mol. The van der Waals surface area contributed by atoms with Gasteiger partial charge >= 0.3 is 5.97 Å². The SMILES string of the molecule is CCOC(=O)CSc1nc2ncc(-c3ccnc(N4CCOCC4)n3)c(C)n2n1. The fourth-order valence-electron chi connectivity index (χ4n) is 2.98. The summed E-state index contributed by atoms with van der Waals surface area (Å²) in [4.78, 5) is 31.6. The molecule has 4 rings (SSSR count). The van der Waals surface area contributed by atoms with Crippen molar-refractivity contribution in [2.75, 3.05) is 43.6 Å². The molecule has 0 amide bonds. The summed E-state index contributed by atoms with van der Waals surface area (Å²) >= 11 is 1.22. The second kappa shape index (κ2) is 8.70. The Morgan fingerprint density at radius 2 is 2.10 bits per heavy atom. The van der Waals surface area contributed by atoms with E-state index in [0.717, 1.165) is 30.0 Å². The zero-order chi connectivity index (χ0) is 20.2. The summed E-state index contributed by atoms with van der Waals surface area (Å²) < 4.78 is 12.0. The molecular weight excluding hydrogens is 394 g/mol. The molecule has 0 atom stereocenters. The highest BCUT2D eigenvalue weighted by molar-refractivity contribution is 7.99. The number of carbonyl (C=O) groups is 1. The third-order valence-corrected chi connectivity index (χ3v) is 5.24. The van der Waals surface area contributed by atoms with E-state index in [1.807, 2.05) is 13.0 Å². The number of morpholine rings is 1. The molecule has 10 nitrogen and oxygen atoms in total. The van der Waals surface area contributed by atoms with Crippen LogP contribution in [-0.2, 0) is 14.3 Å². The van der Waals surface area contributed by atoms with Gasteiger partial charge in [-0.05, 0) is 19.9 Å². The number of rotatable bonds is 6. The molecule has 0 radical (unpaired) electrons. The van der Waals surface area contributed by atoms with Gasteiger partial charge in [-0.1, -0.05) is 11.8 Å². The molecule has 0 unspecified atom stereocenters. The first-order valence-electron chi connectivity index (χ1n) is 9.32. The first-order valence-corrected chi connectivity index (χ1v) is 10.3. The molecule has 0 aliphatic carbocycles. The molecule has 3 aromatic rings. The number of fused-ring (bicyclic) bond motifs is 1. The van der Waals surface area contributed by atoms with Gasteiger partial charge in [0.1, 0.15) is 0 Å². The lowest BCUT2D eigenvalue weighted by Crippen LogP contribution is -2.37. The number of thioether (sulfide) groups is 1. The van der Waals surface area contributed by atoms with E-state index in [1.165, 1.54) is 11.8 Å². The summed E-state index contributed by atoms with van der Waals surface area (Å²) in [5, 5.41) is 4.95. The van der Waals surface area contributed by atoms with Crippen LogP contribution >= 0.6 is 11.8 Å². The van der Waals surface area contributed by atoms with Gasteiger partial charge in [-0.2, -0.15) is 9.50 Å². The van der Waals surface area contributed by atoms with Crippen molar-refractivity contribution in [1.29, 1.82) is 0 Å². The number of nitrogens with zero attached hydrogens (tertiary/aromatic N) is 7. The maximum atomic E-state index is 11.6. The number of ether oxygens (including phenoxy) is 2. The van der Waals surface area contributed by atoms with Crippen LogP contribution in [0.5, 0.6) is 0 Å². The van der Waals surface area contributed by atoms with Gasteiger partial charge in [0, 0.05) is 31.0 Å². The smallest absolute Gasteiger partial charge is 0.316 e. The fourth-order valence-corrected chi connectivity index (χ4v) is 3.59. The van der Waals surface area contributed by atoms with Gasteiger partial charge in [-0.15, -0.1) is 5.10 Å². The molecule has 11 heteroatoms.